The molecular formula is C13H20N2O. The van der Waals surface area contributed by atoms with E-state index in [1.807, 2.05) is 6.26 Å². The fourth-order valence-electron chi connectivity index (χ4n) is 3.06. The lowest BCUT2D eigenvalue weighted by molar-refractivity contribution is 0.139. The Kier molecular flexibility index (Phi) is 2.74. The molecule has 1 aromatic rings. The standard InChI is InChI=1S/C13H20N2O/c1-10-8-12(15-5-3-14-4-6-15)11-2-7-16-13(11)9-10/h2,7,10,12,14H,3-6,8-9H2,1H3. The summed E-state index contributed by atoms with van der Waals surface area (Å²) in [4.78, 5) is 2.61. The summed E-state index contributed by atoms with van der Waals surface area (Å²) in [5, 5.41) is 3.42. The molecule has 1 aliphatic heterocycles. The fraction of sp³-hybridized carbons (Fsp3) is 0.692. The van der Waals surface area contributed by atoms with E-state index in [9.17, 15) is 0 Å². The molecule has 1 saturated heterocycles. The Labute approximate surface area is 96.8 Å². The van der Waals surface area contributed by atoms with E-state index >= 15 is 0 Å². The van der Waals surface area contributed by atoms with Gasteiger partial charge >= 0.3 is 0 Å². The molecule has 0 aromatic carbocycles. The second kappa shape index (κ2) is 4.22. The van der Waals surface area contributed by atoms with E-state index in [0.717, 1.165) is 25.4 Å². The van der Waals surface area contributed by atoms with Crippen LogP contribution < -0.4 is 5.32 Å². The lowest BCUT2D eigenvalue weighted by Gasteiger charge is -2.38. The molecule has 2 unspecified atom stereocenters. The molecule has 1 fully saturated rings. The predicted molar refractivity (Wildman–Crippen MR) is 63.4 cm³/mol. The summed E-state index contributed by atoms with van der Waals surface area (Å²) in [6.45, 7) is 6.92. The van der Waals surface area contributed by atoms with Crippen LogP contribution in [-0.4, -0.2) is 31.1 Å². The van der Waals surface area contributed by atoms with Gasteiger partial charge in [0.2, 0.25) is 0 Å². The maximum absolute atomic E-state index is 5.61. The highest BCUT2D eigenvalue weighted by Crippen LogP contribution is 2.37. The van der Waals surface area contributed by atoms with Crippen molar-refractivity contribution in [2.75, 3.05) is 26.2 Å². The van der Waals surface area contributed by atoms with Gasteiger partial charge in [0.15, 0.2) is 0 Å². The molecule has 1 N–H and O–H groups in total. The van der Waals surface area contributed by atoms with Gasteiger partial charge < -0.3 is 9.73 Å². The highest BCUT2D eigenvalue weighted by atomic mass is 16.3. The van der Waals surface area contributed by atoms with Crippen LogP contribution in [0.5, 0.6) is 0 Å². The number of hydrogen-bond donors (Lipinski definition) is 1. The molecule has 0 amide bonds. The van der Waals surface area contributed by atoms with Crippen LogP contribution in [0.15, 0.2) is 16.7 Å². The van der Waals surface area contributed by atoms with Crippen LogP contribution in [0.3, 0.4) is 0 Å². The van der Waals surface area contributed by atoms with E-state index in [1.165, 1.54) is 30.8 Å². The highest BCUT2D eigenvalue weighted by molar-refractivity contribution is 5.25. The molecule has 16 heavy (non-hydrogen) atoms. The minimum Gasteiger partial charge on any atom is -0.469 e. The monoisotopic (exact) mass is 220 g/mol. The first-order chi connectivity index (χ1) is 7.84. The second-order valence-corrected chi connectivity index (χ2v) is 5.15. The lowest BCUT2D eigenvalue weighted by atomic mass is 9.85. The van der Waals surface area contributed by atoms with Gasteiger partial charge in [-0.1, -0.05) is 6.92 Å². The second-order valence-electron chi connectivity index (χ2n) is 5.15. The van der Waals surface area contributed by atoms with Crippen molar-refractivity contribution < 1.29 is 4.42 Å². The van der Waals surface area contributed by atoms with Gasteiger partial charge in [-0.15, -0.1) is 0 Å². The van der Waals surface area contributed by atoms with Crippen molar-refractivity contribution in [2.24, 2.45) is 5.92 Å². The van der Waals surface area contributed by atoms with Crippen LogP contribution in [-0.2, 0) is 6.42 Å². The van der Waals surface area contributed by atoms with E-state index < -0.39 is 0 Å². The van der Waals surface area contributed by atoms with Crippen LogP contribution in [0.2, 0.25) is 0 Å². The molecule has 88 valence electrons. The zero-order valence-electron chi connectivity index (χ0n) is 9.91. The normalized spacial score (nSPS) is 31.3. The Morgan fingerprint density at radius 2 is 2.19 bits per heavy atom. The van der Waals surface area contributed by atoms with Crippen LogP contribution in [0.4, 0.5) is 0 Å². The van der Waals surface area contributed by atoms with Gasteiger partial charge in [0.25, 0.3) is 0 Å². The molecule has 0 saturated carbocycles. The lowest BCUT2D eigenvalue weighted by Crippen LogP contribution is -2.46. The molecule has 0 bridgehead atoms. The number of furan rings is 1. The van der Waals surface area contributed by atoms with E-state index in [1.54, 1.807) is 0 Å². The maximum Gasteiger partial charge on any atom is 0.108 e. The summed E-state index contributed by atoms with van der Waals surface area (Å²) in [6.07, 6.45) is 4.26. The van der Waals surface area contributed by atoms with Gasteiger partial charge in [-0.3, -0.25) is 4.90 Å². The quantitative estimate of drug-likeness (QED) is 0.782. The molecule has 2 heterocycles. The third-order valence-corrected chi connectivity index (χ3v) is 3.89. The van der Waals surface area contributed by atoms with Crippen LogP contribution in [0.1, 0.15) is 30.7 Å². The van der Waals surface area contributed by atoms with Gasteiger partial charge in [-0.2, -0.15) is 0 Å². The molecule has 2 aliphatic rings. The van der Waals surface area contributed by atoms with Crippen LogP contribution in [0, 0.1) is 5.92 Å². The first kappa shape index (κ1) is 10.4. The molecule has 2 atom stereocenters. The van der Waals surface area contributed by atoms with Crippen molar-refractivity contribution in [3.8, 4) is 0 Å². The highest BCUT2D eigenvalue weighted by Gasteiger charge is 2.31. The number of rotatable bonds is 1. The van der Waals surface area contributed by atoms with E-state index in [2.05, 4.69) is 23.2 Å². The largest absolute Gasteiger partial charge is 0.469 e. The third kappa shape index (κ3) is 1.78. The maximum atomic E-state index is 5.61. The van der Waals surface area contributed by atoms with Gasteiger partial charge in [0.05, 0.1) is 6.26 Å². The topological polar surface area (TPSA) is 28.4 Å². The Hall–Kier alpha value is -0.800. The molecule has 1 aliphatic carbocycles. The molecule has 0 spiro atoms. The summed E-state index contributed by atoms with van der Waals surface area (Å²) in [5.41, 5.74) is 1.44. The molecule has 3 rings (SSSR count). The van der Waals surface area contributed by atoms with Crippen molar-refractivity contribution in [1.29, 1.82) is 0 Å². The van der Waals surface area contributed by atoms with Crippen molar-refractivity contribution in [1.82, 2.24) is 10.2 Å². The number of piperazine rings is 1. The summed E-state index contributed by atoms with van der Waals surface area (Å²) in [7, 11) is 0. The number of nitrogens with zero attached hydrogens (tertiary/aromatic N) is 1. The van der Waals surface area contributed by atoms with Crippen LogP contribution >= 0.6 is 0 Å². The van der Waals surface area contributed by atoms with Crippen molar-refractivity contribution in [2.45, 2.75) is 25.8 Å². The molecule has 1 aromatic heterocycles. The molecular weight excluding hydrogens is 200 g/mol. The third-order valence-electron chi connectivity index (χ3n) is 3.89. The fourth-order valence-corrected chi connectivity index (χ4v) is 3.06. The molecule has 3 heteroatoms. The summed E-state index contributed by atoms with van der Waals surface area (Å²) in [5.74, 6) is 1.97. The average Bonchev–Trinajstić information content (AvgIpc) is 2.77. The Balaban J connectivity index is 1.84. The van der Waals surface area contributed by atoms with E-state index in [4.69, 9.17) is 4.42 Å². The Morgan fingerprint density at radius 1 is 1.38 bits per heavy atom. The Morgan fingerprint density at radius 3 is 3.00 bits per heavy atom. The van der Waals surface area contributed by atoms with Crippen molar-refractivity contribution in [3.05, 3.63) is 23.7 Å². The van der Waals surface area contributed by atoms with Crippen molar-refractivity contribution in [3.63, 3.8) is 0 Å². The number of fused-ring (bicyclic) bond motifs is 1. The predicted octanol–water partition coefficient (Wildman–Crippen LogP) is 1.81. The Bertz CT molecular complexity index is 355. The SMILES string of the molecule is CC1Cc2occc2C(N2CCNCC2)C1. The number of nitrogens with one attached hydrogen (secondary N) is 1. The average molecular weight is 220 g/mol. The smallest absolute Gasteiger partial charge is 0.108 e. The molecule has 0 radical (unpaired) electrons. The zero-order valence-corrected chi connectivity index (χ0v) is 9.91. The van der Waals surface area contributed by atoms with Gasteiger partial charge in [-0.05, 0) is 18.4 Å². The number of hydrogen-bond acceptors (Lipinski definition) is 3. The molecule has 3 nitrogen and oxygen atoms in total. The minimum atomic E-state index is 0.597. The minimum absolute atomic E-state index is 0.597. The van der Waals surface area contributed by atoms with E-state index in [0.29, 0.717) is 6.04 Å². The van der Waals surface area contributed by atoms with Crippen molar-refractivity contribution >= 4 is 0 Å². The first-order valence-corrected chi connectivity index (χ1v) is 6.35. The van der Waals surface area contributed by atoms with Gasteiger partial charge in [0.1, 0.15) is 5.76 Å². The van der Waals surface area contributed by atoms with Gasteiger partial charge in [-0.25, -0.2) is 0 Å². The summed E-state index contributed by atoms with van der Waals surface area (Å²) in [6, 6.07) is 2.77. The summed E-state index contributed by atoms with van der Waals surface area (Å²) >= 11 is 0. The zero-order chi connectivity index (χ0) is 11.0. The summed E-state index contributed by atoms with van der Waals surface area (Å²) < 4.78 is 5.61. The first-order valence-electron chi connectivity index (χ1n) is 6.35. The van der Waals surface area contributed by atoms with E-state index in [-0.39, 0.29) is 0 Å². The van der Waals surface area contributed by atoms with Gasteiger partial charge in [0, 0.05) is 44.2 Å². The van der Waals surface area contributed by atoms with Crippen LogP contribution in [0.25, 0.3) is 0 Å².